The van der Waals surface area contributed by atoms with Gasteiger partial charge >= 0.3 is 5.97 Å². The summed E-state index contributed by atoms with van der Waals surface area (Å²) in [6.45, 7) is 6.22. The molecule has 128 valence electrons. The number of hydrogen-bond donors (Lipinski definition) is 1. The minimum atomic E-state index is -0.476. The first-order chi connectivity index (χ1) is 11.5. The fraction of sp³-hybridized carbons (Fsp3) is 0.368. The van der Waals surface area contributed by atoms with Gasteiger partial charge in [0.25, 0.3) is 5.91 Å². The van der Waals surface area contributed by atoms with Crippen LogP contribution in [-0.4, -0.2) is 29.6 Å². The van der Waals surface area contributed by atoms with E-state index in [1.165, 1.54) is 0 Å². The Kier molecular flexibility index (Phi) is 6.18. The lowest BCUT2D eigenvalue weighted by atomic mass is 10.2. The van der Waals surface area contributed by atoms with Crippen molar-refractivity contribution in [2.75, 3.05) is 13.2 Å². The Hall–Kier alpha value is -2.56. The van der Waals surface area contributed by atoms with Crippen LogP contribution in [0.4, 0.5) is 0 Å². The number of aromatic nitrogens is 1. The first-order valence-electron chi connectivity index (χ1n) is 8.22. The number of carbonyl (C=O) groups is 2. The summed E-state index contributed by atoms with van der Waals surface area (Å²) in [5.41, 5.74) is 3.22. The summed E-state index contributed by atoms with van der Waals surface area (Å²) in [7, 11) is 0. The van der Waals surface area contributed by atoms with E-state index in [2.05, 4.69) is 12.2 Å². The summed E-state index contributed by atoms with van der Waals surface area (Å²) >= 11 is 0. The monoisotopic (exact) mass is 328 g/mol. The number of esters is 1. The predicted octanol–water partition coefficient (Wildman–Crippen LogP) is 3.17. The van der Waals surface area contributed by atoms with E-state index in [-0.39, 0.29) is 12.5 Å². The van der Waals surface area contributed by atoms with Crippen molar-refractivity contribution in [3.8, 4) is 5.69 Å². The number of carbonyl (C=O) groups excluding carboxylic acids is 2. The van der Waals surface area contributed by atoms with E-state index in [1.54, 1.807) is 6.07 Å². The summed E-state index contributed by atoms with van der Waals surface area (Å²) in [4.78, 5) is 23.9. The summed E-state index contributed by atoms with van der Waals surface area (Å²) in [6, 6.07) is 11.6. The Bertz CT molecular complexity index is 705. The standard InChI is InChI=1S/C19H24N2O3/c1-4-5-11-20-18(22)13-24-19(23)17-12-14(2)21(15(17)3)16-9-7-6-8-10-16/h6-10,12H,4-5,11,13H2,1-3H3,(H,20,22). The van der Waals surface area contributed by atoms with Crippen LogP contribution in [0, 0.1) is 13.8 Å². The largest absolute Gasteiger partial charge is 0.452 e. The number of hydrogen-bond acceptors (Lipinski definition) is 3. The summed E-state index contributed by atoms with van der Waals surface area (Å²) < 4.78 is 7.14. The Balaban J connectivity index is 2.05. The van der Waals surface area contributed by atoms with Crippen molar-refractivity contribution in [3.05, 3.63) is 53.3 Å². The molecule has 5 nitrogen and oxygen atoms in total. The molecule has 0 bridgehead atoms. The minimum Gasteiger partial charge on any atom is -0.452 e. The van der Waals surface area contributed by atoms with Gasteiger partial charge in [0.2, 0.25) is 0 Å². The van der Waals surface area contributed by atoms with Crippen molar-refractivity contribution >= 4 is 11.9 Å². The average molecular weight is 328 g/mol. The lowest BCUT2D eigenvalue weighted by Gasteiger charge is -2.10. The third-order valence-corrected chi connectivity index (χ3v) is 3.85. The number of rotatable bonds is 7. The van der Waals surface area contributed by atoms with Crippen LogP contribution in [0.1, 0.15) is 41.5 Å². The lowest BCUT2D eigenvalue weighted by molar-refractivity contribution is -0.124. The number of nitrogens with one attached hydrogen (secondary N) is 1. The van der Waals surface area contributed by atoms with E-state index < -0.39 is 5.97 Å². The smallest absolute Gasteiger partial charge is 0.340 e. The van der Waals surface area contributed by atoms with E-state index in [9.17, 15) is 9.59 Å². The third-order valence-electron chi connectivity index (χ3n) is 3.85. The Morgan fingerprint density at radius 1 is 1.17 bits per heavy atom. The number of unbranched alkanes of at least 4 members (excludes halogenated alkanes) is 1. The van der Waals surface area contributed by atoms with Crippen molar-refractivity contribution in [3.63, 3.8) is 0 Å². The molecule has 0 radical (unpaired) electrons. The number of para-hydroxylation sites is 1. The molecule has 1 heterocycles. The molecule has 1 aromatic carbocycles. The van der Waals surface area contributed by atoms with E-state index in [4.69, 9.17) is 4.74 Å². The van der Waals surface area contributed by atoms with Crippen LogP contribution >= 0.6 is 0 Å². The molecule has 0 saturated heterocycles. The fourth-order valence-electron chi connectivity index (χ4n) is 2.61. The number of amides is 1. The maximum atomic E-state index is 12.3. The molecule has 0 fully saturated rings. The molecule has 0 aliphatic rings. The second-order valence-corrected chi connectivity index (χ2v) is 5.74. The maximum Gasteiger partial charge on any atom is 0.340 e. The molecule has 0 spiro atoms. The van der Waals surface area contributed by atoms with Gasteiger partial charge in [-0.3, -0.25) is 4.79 Å². The zero-order valence-electron chi connectivity index (χ0n) is 14.5. The van der Waals surface area contributed by atoms with Crippen molar-refractivity contribution in [1.29, 1.82) is 0 Å². The van der Waals surface area contributed by atoms with Crippen LogP contribution in [0.15, 0.2) is 36.4 Å². The molecule has 0 saturated carbocycles. The van der Waals surface area contributed by atoms with Gasteiger partial charge in [0.05, 0.1) is 5.56 Å². The van der Waals surface area contributed by atoms with Gasteiger partial charge in [-0.1, -0.05) is 31.5 Å². The highest BCUT2D eigenvalue weighted by Gasteiger charge is 2.18. The SMILES string of the molecule is CCCCNC(=O)COC(=O)c1cc(C)n(-c2ccccc2)c1C. The van der Waals surface area contributed by atoms with Crippen LogP contribution in [-0.2, 0) is 9.53 Å². The maximum absolute atomic E-state index is 12.3. The minimum absolute atomic E-state index is 0.252. The highest BCUT2D eigenvalue weighted by atomic mass is 16.5. The molecule has 0 aliphatic heterocycles. The topological polar surface area (TPSA) is 60.3 Å². The average Bonchev–Trinajstić information content (AvgIpc) is 2.88. The van der Waals surface area contributed by atoms with Crippen LogP contribution in [0.5, 0.6) is 0 Å². The van der Waals surface area contributed by atoms with Crippen LogP contribution in [0.3, 0.4) is 0 Å². The van der Waals surface area contributed by atoms with Gasteiger partial charge in [0, 0.05) is 23.6 Å². The first-order valence-corrected chi connectivity index (χ1v) is 8.22. The van der Waals surface area contributed by atoms with E-state index in [1.807, 2.05) is 48.7 Å². The van der Waals surface area contributed by atoms with E-state index in [0.29, 0.717) is 12.1 Å². The van der Waals surface area contributed by atoms with E-state index >= 15 is 0 Å². The number of aryl methyl sites for hydroxylation is 1. The number of ether oxygens (including phenoxy) is 1. The van der Waals surface area contributed by atoms with Gasteiger partial charge in [-0.2, -0.15) is 0 Å². The summed E-state index contributed by atoms with van der Waals surface area (Å²) in [6.07, 6.45) is 1.92. The van der Waals surface area contributed by atoms with Crippen molar-refractivity contribution < 1.29 is 14.3 Å². The molecule has 2 rings (SSSR count). The Morgan fingerprint density at radius 3 is 2.54 bits per heavy atom. The summed E-state index contributed by atoms with van der Waals surface area (Å²) in [5, 5.41) is 2.73. The molecular weight excluding hydrogens is 304 g/mol. The van der Waals surface area contributed by atoms with Crippen molar-refractivity contribution in [1.82, 2.24) is 9.88 Å². The molecule has 0 unspecified atom stereocenters. The molecule has 2 aromatic rings. The molecular formula is C19H24N2O3. The molecule has 1 amide bonds. The van der Waals surface area contributed by atoms with Gasteiger partial charge in [-0.25, -0.2) is 4.79 Å². The highest BCUT2D eigenvalue weighted by Crippen LogP contribution is 2.21. The zero-order chi connectivity index (χ0) is 17.5. The van der Waals surface area contributed by atoms with Crippen LogP contribution in [0.2, 0.25) is 0 Å². The van der Waals surface area contributed by atoms with Crippen molar-refractivity contribution in [2.24, 2.45) is 0 Å². The number of nitrogens with zero attached hydrogens (tertiary/aromatic N) is 1. The quantitative estimate of drug-likeness (QED) is 0.627. The fourth-order valence-corrected chi connectivity index (χ4v) is 2.61. The molecule has 1 N–H and O–H groups in total. The molecule has 24 heavy (non-hydrogen) atoms. The summed E-state index contributed by atoms with van der Waals surface area (Å²) in [5.74, 6) is -0.746. The number of benzene rings is 1. The predicted molar refractivity (Wildman–Crippen MR) is 93.4 cm³/mol. The third kappa shape index (κ3) is 4.25. The molecule has 0 aliphatic carbocycles. The van der Waals surface area contributed by atoms with E-state index in [0.717, 1.165) is 29.9 Å². The zero-order valence-corrected chi connectivity index (χ0v) is 14.5. The second kappa shape index (κ2) is 8.34. The Morgan fingerprint density at radius 2 is 1.88 bits per heavy atom. The first kappa shape index (κ1) is 17.8. The van der Waals surface area contributed by atoms with Crippen LogP contribution < -0.4 is 5.32 Å². The van der Waals surface area contributed by atoms with Gasteiger partial charge in [-0.05, 0) is 38.5 Å². The second-order valence-electron chi connectivity index (χ2n) is 5.74. The molecule has 1 aromatic heterocycles. The van der Waals surface area contributed by atoms with Crippen molar-refractivity contribution in [2.45, 2.75) is 33.6 Å². The van der Waals surface area contributed by atoms with Gasteiger partial charge in [-0.15, -0.1) is 0 Å². The molecule has 5 heteroatoms. The van der Waals surface area contributed by atoms with Gasteiger partial charge in [0.15, 0.2) is 6.61 Å². The van der Waals surface area contributed by atoms with Gasteiger partial charge in [0.1, 0.15) is 0 Å². The molecule has 0 atom stereocenters. The normalized spacial score (nSPS) is 10.5. The van der Waals surface area contributed by atoms with Gasteiger partial charge < -0.3 is 14.6 Å². The Labute approximate surface area is 142 Å². The van der Waals surface area contributed by atoms with Crippen LogP contribution in [0.25, 0.3) is 5.69 Å². The highest BCUT2D eigenvalue weighted by molar-refractivity contribution is 5.93. The lowest BCUT2D eigenvalue weighted by Crippen LogP contribution is -2.29.